The van der Waals surface area contributed by atoms with Crippen LogP contribution in [0.2, 0.25) is 0 Å². The Labute approximate surface area is 105 Å². The SMILES string of the molecule is COCC(CNC(C)CC1CCCCN1)OC. The van der Waals surface area contributed by atoms with Gasteiger partial charge in [-0.05, 0) is 32.7 Å². The van der Waals surface area contributed by atoms with Gasteiger partial charge in [0.05, 0.1) is 12.7 Å². The van der Waals surface area contributed by atoms with Gasteiger partial charge in [0, 0.05) is 32.8 Å². The molecule has 4 nitrogen and oxygen atoms in total. The van der Waals surface area contributed by atoms with Gasteiger partial charge in [-0.25, -0.2) is 0 Å². The zero-order valence-electron chi connectivity index (χ0n) is 11.5. The largest absolute Gasteiger partial charge is 0.382 e. The molecular weight excluding hydrogens is 216 g/mol. The summed E-state index contributed by atoms with van der Waals surface area (Å²) in [6, 6.07) is 1.22. The summed E-state index contributed by atoms with van der Waals surface area (Å²) in [6.07, 6.45) is 5.37. The molecule has 0 bridgehead atoms. The van der Waals surface area contributed by atoms with Crippen molar-refractivity contribution < 1.29 is 9.47 Å². The summed E-state index contributed by atoms with van der Waals surface area (Å²) < 4.78 is 10.4. The number of ether oxygens (including phenoxy) is 2. The van der Waals surface area contributed by atoms with Gasteiger partial charge in [0.15, 0.2) is 0 Å². The van der Waals surface area contributed by atoms with Gasteiger partial charge in [-0.3, -0.25) is 0 Å². The molecule has 4 heteroatoms. The molecular formula is C13H28N2O2. The zero-order valence-corrected chi connectivity index (χ0v) is 11.5. The molecule has 0 aromatic carbocycles. The lowest BCUT2D eigenvalue weighted by atomic mass is 9.99. The average molecular weight is 244 g/mol. The van der Waals surface area contributed by atoms with Crippen molar-refractivity contribution in [3.63, 3.8) is 0 Å². The van der Waals surface area contributed by atoms with Gasteiger partial charge in [-0.1, -0.05) is 6.42 Å². The van der Waals surface area contributed by atoms with E-state index in [4.69, 9.17) is 9.47 Å². The molecule has 0 amide bonds. The number of rotatable bonds is 8. The highest BCUT2D eigenvalue weighted by Gasteiger charge is 2.16. The van der Waals surface area contributed by atoms with E-state index in [0.29, 0.717) is 18.7 Å². The van der Waals surface area contributed by atoms with Crippen molar-refractivity contribution in [2.24, 2.45) is 0 Å². The lowest BCUT2D eigenvalue weighted by molar-refractivity contribution is 0.0273. The zero-order chi connectivity index (χ0) is 12.5. The third-order valence-electron chi connectivity index (χ3n) is 3.43. The van der Waals surface area contributed by atoms with Gasteiger partial charge in [0.1, 0.15) is 0 Å². The van der Waals surface area contributed by atoms with Crippen LogP contribution < -0.4 is 10.6 Å². The summed E-state index contributed by atoms with van der Waals surface area (Å²) in [6.45, 7) is 4.94. The molecule has 1 aliphatic heterocycles. The molecule has 0 spiro atoms. The molecule has 1 saturated heterocycles. The van der Waals surface area contributed by atoms with Crippen molar-refractivity contribution in [1.82, 2.24) is 10.6 Å². The third kappa shape index (κ3) is 6.36. The number of methoxy groups -OCH3 is 2. The summed E-state index contributed by atoms with van der Waals surface area (Å²) in [7, 11) is 3.44. The van der Waals surface area contributed by atoms with Crippen LogP contribution in [0.3, 0.4) is 0 Å². The highest BCUT2D eigenvalue weighted by atomic mass is 16.5. The summed E-state index contributed by atoms with van der Waals surface area (Å²) in [5.74, 6) is 0. The molecule has 102 valence electrons. The predicted molar refractivity (Wildman–Crippen MR) is 70.4 cm³/mol. The Morgan fingerprint density at radius 3 is 2.76 bits per heavy atom. The molecule has 0 aromatic heterocycles. The van der Waals surface area contributed by atoms with Crippen molar-refractivity contribution in [2.75, 3.05) is 33.9 Å². The molecule has 1 aliphatic rings. The molecule has 3 unspecified atom stereocenters. The molecule has 17 heavy (non-hydrogen) atoms. The van der Waals surface area contributed by atoms with Crippen LogP contribution in [0.1, 0.15) is 32.6 Å². The van der Waals surface area contributed by atoms with Gasteiger partial charge in [0.25, 0.3) is 0 Å². The van der Waals surface area contributed by atoms with Gasteiger partial charge in [-0.2, -0.15) is 0 Å². The Bertz CT molecular complexity index is 184. The maximum absolute atomic E-state index is 5.33. The molecule has 2 N–H and O–H groups in total. The van der Waals surface area contributed by atoms with Crippen molar-refractivity contribution in [2.45, 2.75) is 50.8 Å². The summed E-state index contributed by atoms with van der Waals surface area (Å²) in [5, 5.41) is 7.10. The first-order valence-corrected chi connectivity index (χ1v) is 6.74. The van der Waals surface area contributed by atoms with Gasteiger partial charge < -0.3 is 20.1 Å². The minimum absolute atomic E-state index is 0.154. The van der Waals surface area contributed by atoms with Crippen molar-refractivity contribution in [3.05, 3.63) is 0 Å². The number of nitrogens with one attached hydrogen (secondary N) is 2. The second kappa shape index (κ2) is 8.86. The fourth-order valence-electron chi connectivity index (χ4n) is 2.36. The first-order chi connectivity index (χ1) is 8.26. The standard InChI is InChI=1S/C13H28N2O2/c1-11(8-12-6-4-5-7-14-12)15-9-13(17-3)10-16-2/h11-15H,4-10H2,1-3H3. The fourth-order valence-corrected chi connectivity index (χ4v) is 2.36. The number of hydrogen-bond donors (Lipinski definition) is 2. The van der Waals surface area contributed by atoms with E-state index in [0.717, 1.165) is 6.54 Å². The summed E-state index contributed by atoms with van der Waals surface area (Å²) >= 11 is 0. The van der Waals surface area contributed by atoms with E-state index >= 15 is 0 Å². The van der Waals surface area contributed by atoms with E-state index in [1.807, 2.05) is 0 Å². The Balaban J connectivity index is 2.12. The second-order valence-corrected chi connectivity index (χ2v) is 5.00. The maximum Gasteiger partial charge on any atom is 0.0928 e. The molecule has 0 radical (unpaired) electrons. The Morgan fingerprint density at radius 2 is 2.18 bits per heavy atom. The molecule has 0 saturated carbocycles. The van der Waals surface area contributed by atoms with Crippen LogP contribution in [-0.4, -0.2) is 52.1 Å². The molecule has 0 aliphatic carbocycles. The fraction of sp³-hybridized carbons (Fsp3) is 1.00. The van der Waals surface area contributed by atoms with Crippen LogP contribution in [0.25, 0.3) is 0 Å². The minimum atomic E-state index is 0.154. The number of piperidine rings is 1. The smallest absolute Gasteiger partial charge is 0.0928 e. The van der Waals surface area contributed by atoms with Crippen molar-refractivity contribution in [3.8, 4) is 0 Å². The van der Waals surface area contributed by atoms with Gasteiger partial charge in [-0.15, -0.1) is 0 Å². The minimum Gasteiger partial charge on any atom is -0.382 e. The van der Waals surface area contributed by atoms with Crippen LogP contribution in [-0.2, 0) is 9.47 Å². The third-order valence-corrected chi connectivity index (χ3v) is 3.43. The quantitative estimate of drug-likeness (QED) is 0.672. The molecule has 0 aromatic rings. The predicted octanol–water partition coefficient (Wildman–Crippen LogP) is 1.16. The summed E-state index contributed by atoms with van der Waals surface area (Å²) in [4.78, 5) is 0. The lowest BCUT2D eigenvalue weighted by Crippen LogP contribution is -2.42. The average Bonchev–Trinajstić information content (AvgIpc) is 2.35. The normalized spacial score (nSPS) is 24.5. The highest BCUT2D eigenvalue weighted by Crippen LogP contribution is 2.11. The monoisotopic (exact) mass is 244 g/mol. The van der Waals surface area contributed by atoms with E-state index in [2.05, 4.69) is 17.6 Å². The van der Waals surface area contributed by atoms with Crippen molar-refractivity contribution >= 4 is 0 Å². The molecule has 1 rings (SSSR count). The van der Waals surface area contributed by atoms with E-state index < -0.39 is 0 Å². The first kappa shape index (κ1) is 14.9. The summed E-state index contributed by atoms with van der Waals surface area (Å²) in [5.41, 5.74) is 0. The van der Waals surface area contributed by atoms with Gasteiger partial charge >= 0.3 is 0 Å². The van der Waals surface area contributed by atoms with Crippen LogP contribution in [0, 0.1) is 0 Å². The Kier molecular flexibility index (Phi) is 7.77. The second-order valence-electron chi connectivity index (χ2n) is 5.00. The van der Waals surface area contributed by atoms with Gasteiger partial charge in [0.2, 0.25) is 0 Å². The van der Waals surface area contributed by atoms with Crippen LogP contribution in [0.15, 0.2) is 0 Å². The first-order valence-electron chi connectivity index (χ1n) is 6.74. The van der Waals surface area contributed by atoms with Crippen molar-refractivity contribution in [1.29, 1.82) is 0 Å². The van der Waals surface area contributed by atoms with E-state index in [9.17, 15) is 0 Å². The van der Waals surface area contributed by atoms with E-state index in [1.54, 1.807) is 14.2 Å². The Hall–Kier alpha value is -0.160. The maximum atomic E-state index is 5.33. The van der Waals surface area contributed by atoms with E-state index in [-0.39, 0.29) is 6.10 Å². The van der Waals surface area contributed by atoms with Crippen LogP contribution >= 0.6 is 0 Å². The number of hydrogen-bond acceptors (Lipinski definition) is 4. The molecule has 1 fully saturated rings. The highest BCUT2D eigenvalue weighted by molar-refractivity contribution is 4.77. The Morgan fingerprint density at radius 1 is 1.35 bits per heavy atom. The molecule has 3 atom stereocenters. The van der Waals surface area contributed by atoms with E-state index in [1.165, 1.54) is 32.2 Å². The van der Waals surface area contributed by atoms with Crippen LogP contribution in [0.5, 0.6) is 0 Å². The molecule has 1 heterocycles. The lowest BCUT2D eigenvalue weighted by Gasteiger charge is -2.27. The topological polar surface area (TPSA) is 42.5 Å². The van der Waals surface area contributed by atoms with Crippen LogP contribution in [0.4, 0.5) is 0 Å².